The van der Waals surface area contributed by atoms with Crippen LogP contribution in [0, 0.1) is 0 Å². The van der Waals surface area contributed by atoms with Gasteiger partial charge in [-0.05, 0) is 54.0 Å². The van der Waals surface area contributed by atoms with Gasteiger partial charge in [-0.15, -0.1) is 0 Å². The van der Waals surface area contributed by atoms with Crippen molar-refractivity contribution < 1.29 is 9.67 Å². The van der Waals surface area contributed by atoms with Crippen molar-refractivity contribution in [3.05, 3.63) is 50.9 Å². The molecule has 0 unspecified atom stereocenters. The van der Waals surface area contributed by atoms with Crippen molar-refractivity contribution in [3.63, 3.8) is 0 Å². The van der Waals surface area contributed by atoms with Crippen LogP contribution in [0.15, 0.2) is 45.3 Å². The Morgan fingerprint density at radius 1 is 1.22 bits per heavy atom. The summed E-state index contributed by atoms with van der Waals surface area (Å²) in [6, 6.07) is 12.3. The number of para-hydroxylation sites is 2. The van der Waals surface area contributed by atoms with Gasteiger partial charge in [0.25, 0.3) is 0 Å². The number of imidazole rings is 1. The molecule has 0 aliphatic heterocycles. The molecule has 0 bridgehead atoms. The molecule has 120 valence electrons. The maximum absolute atomic E-state index is 10.2. The standard InChI is InChI=1S/C17H17Br2N3O/c1-10(2)22-15-6-4-3-5-14(15)21-17(22)20-9-11-7-12(18)8-13(19)16(11)23/h3-8,10H,9H2,1-2H3,(H2,20,21,23)/p+1. The number of fused-ring (bicyclic) bond motifs is 1. The molecule has 0 atom stereocenters. The SMILES string of the molecule is CC(C)[n+]1c(NCc2cc(Br)cc(Br)c2O)[nH]c2ccccc21. The highest BCUT2D eigenvalue weighted by atomic mass is 79.9. The molecule has 4 nitrogen and oxygen atoms in total. The topological polar surface area (TPSA) is 51.9 Å². The van der Waals surface area contributed by atoms with E-state index in [1.54, 1.807) is 0 Å². The number of aromatic hydroxyl groups is 1. The van der Waals surface area contributed by atoms with Crippen molar-refractivity contribution in [2.75, 3.05) is 5.32 Å². The van der Waals surface area contributed by atoms with Gasteiger partial charge in [0.1, 0.15) is 16.8 Å². The zero-order valence-corrected chi connectivity index (χ0v) is 16.1. The maximum atomic E-state index is 10.2. The molecular formula is C17H18Br2N3O+. The van der Waals surface area contributed by atoms with Gasteiger partial charge in [-0.3, -0.25) is 5.32 Å². The minimum absolute atomic E-state index is 0.257. The normalized spacial score (nSPS) is 11.3. The number of benzene rings is 2. The van der Waals surface area contributed by atoms with Gasteiger partial charge in [0, 0.05) is 10.0 Å². The van der Waals surface area contributed by atoms with E-state index < -0.39 is 0 Å². The van der Waals surface area contributed by atoms with Crippen LogP contribution >= 0.6 is 31.9 Å². The second-order valence-corrected chi connectivity index (χ2v) is 7.47. The van der Waals surface area contributed by atoms with E-state index in [9.17, 15) is 5.11 Å². The molecule has 0 spiro atoms. The van der Waals surface area contributed by atoms with Crippen molar-refractivity contribution in [1.82, 2.24) is 4.98 Å². The van der Waals surface area contributed by atoms with Gasteiger partial charge in [-0.25, -0.2) is 9.55 Å². The lowest BCUT2D eigenvalue weighted by atomic mass is 10.2. The summed E-state index contributed by atoms with van der Waals surface area (Å²) in [6.07, 6.45) is 0. The minimum Gasteiger partial charge on any atom is -0.506 e. The lowest BCUT2D eigenvalue weighted by Gasteiger charge is -2.09. The number of halogens is 2. The van der Waals surface area contributed by atoms with Crippen LogP contribution in [0.2, 0.25) is 0 Å². The fraction of sp³-hybridized carbons (Fsp3) is 0.235. The first-order valence-electron chi connectivity index (χ1n) is 7.40. The molecule has 1 aromatic heterocycles. The molecule has 0 fully saturated rings. The van der Waals surface area contributed by atoms with Gasteiger partial charge >= 0.3 is 5.95 Å². The Balaban J connectivity index is 1.95. The van der Waals surface area contributed by atoms with Crippen LogP contribution in [-0.2, 0) is 6.54 Å². The largest absolute Gasteiger partial charge is 0.506 e. The summed E-state index contributed by atoms with van der Waals surface area (Å²) in [6.45, 7) is 4.82. The van der Waals surface area contributed by atoms with E-state index in [-0.39, 0.29) is 5.75 Å². The van der Waals surface area contributed by atoms with Gasteiger partial charge in [0.2, 0.25) is 0 Å². The molecule has 1 heterocycles. The molecule has 0 aliphatic rings. The van der Waals surface area contributed by atoms with Crippen molar-refractivity contribution in [2.45, 2.75) is 26.4 Å². The highest BCUT2D eigenvalue weighted by molar-refractivity contribution is 9.11. The summed E-state index contributed by atoms with van der Waals surface area (Å²) in [5.41, 5.74) is 3.06. The molecule has 0 amide bonds. The third kappa shape index (κ3) is 3.23. The average molecular weight is 440 g/mol. The first-order chi connectivity index (χ1) is 11.0. The zero-order valence-electron chi connectivity index (χ0n) is 12.9. The Morgan fingerprint density at radius 2 is 1.96 bits per heavy atom. The number of hydrogen-bond donors (Lipinski definition) is 3. The molecule has 3 rings (SSSR count). The van der Waals surface area contributed by atoms with Crippen LogP contribution < -0.4 is 9.88 Å². The molecule has 0 aliphatic carbocycles. The number of hydrogen-bond acceptors (Lipinski definition) is 2. The number of nitrogens with zero attached hydrogens (tertiary/aromatic N) is 1. The van der Waals surface area contributed by atoms with E-state index in [2.05, 4.69) is 72.7 Å². The van der Waals surface area contributed by atoms with E-state index in [4.69, 9.17) is 0 Å². The predicted octanol–water partition coefficient (Wildman–Crippen LogP) is 4.88. The smallest absolute Gasteiger partial charge is 0.356 e. The molecule has 3 aromatic rings. The first kappa shape index (κ1) is 16.3. The molecule has 0 saturated heterocycles. The first-order valence-corrected chi connectivity index (χ1v) is 8.99. The maximum Gasteiger partial charge on any atom is 0.356 e. The van der Waals surface area contributed by atoms with Gasteiger partial charge in [0.15, 0.2) is 0 Å². The monoisotopic (exact) mass is 438 g/mol. The number of aromatic amines is 1. The number of rotatable bonds is 4. The Hall–Kier alpha value is -1.53. The summed E-state index contributed by atoms with van der Waals surface area (Å²) in [4.78, 5) is 3.41. The number of H-pyrrole nitrogens is 1. The molecule has 0 saturated carbocycles. The van der Waals surface area contributed by atoms with E-state index in [1.807, 2.05) is 24.3 Å². The summed E-state index contributed by atoms with van der Waals surface area (Å²) < 4.78 is 3.82. The third-order valence-corrected chi connectivity index (χ3v) is 4.79. The molecule has 23 heavy (non-hydrogen) atoms. The summed E-state index contributed by atoms with van der Waals surface area (Å²) in [5.74, 6) is 1.18. The Bertz CT molecular complexity index is 858. The van der Waals surface area contributed by atoms with Crippen LogP contribution in [0.4, 0.5) is 5.95 Å². The Labute approximate surface area is 151 Å². The van der Waals surface area contributed by atoms with E-state index in [0.29, 0.717) is 17.1 Å². The lowest BCUT2D eigenvalue weighted by molar-refractivity contribution is -0.677. The highest BCUT2D eigenvalue weighted by Crippen LogP contribution is 2.32. The van der Waals surface area contributed by atoms with Crippen molar-refractivity contribution >= 4 is 48.8 Å². The third-order valence-electron chi connectivity index (χ3n) is 3.73. The summed E-state index contributed by atoms with van der Waals surface area (Å²) >= 11 is 6.83. The van der Waals surface area contributed by atoms with E-state index in [1.165, 1.54) is 0 Å². The van der Waals surface area contributed by atoms with Crippen molar-refractivity contribution in [1.29, 1.82) is 0 Å². The Kier molecular flexibility index (Phi) is 4.64. The van der Waals surface area contributed by atoms with Gasteiger partial charge in [-0.2, -0.15) is 0 Å². The van der Waals surface area contributed by atoms with Gasteiger partial charge in [0.05, 0.1) is 17.1 Å². The van der Waals surface area contributed by atoms with Crippen molar-refractivity contribution in [3.8, 4) is 5.75 Å². The number of anilines is 1. The molecule has 6 heteroatoms. The zero-order chi connectivity index (χ0) is 16.6. The van der Waals surface area contributed by atoms with Crippen LogP contribution in [0.3, 0.4) is 0 Å². The van der Waals surface area contributed by atoms with E-state index >= 15 is 0 Å². The number of aromatic nitrogens is 2. The molecule has 0 radical (unpaired) electrons. The number of nitrogens with one attached hydrogen (secondary N) is 2. The second kappa shape index (κ2) is 6.53. The highest BCUT2D eigenvalue weighted by Gasteiger charge is 2.20. The van der Waals surface area contributed by atoms with Crippen molar-refractivity contribution in [2.24, 2.45) is 0 Å². The Morgan fingerprint density at radius 3 is 2.70 bits per heavy atom. The summed E-state index contributed by atoms with van der Waals surface area (Å²) in [5, 5.41) is 13.6. The molecular weight excluding hydrogens is 422 g/mol. The van der Waals surface area contributed by atoms with Gasteiger partial charge < -0.3 is 5.11 Å². The summed E-state index contributed by atoms with van der Waals surface area (Å²) in [7, 11) is 0. The van der Waals surface area contributed by atoms with Crippen LogP contribution in [0.25, 0.3) is 11.0 Å². The van der Waals surface area contributed by atoms with E-state index in [0.717, 1.165) is 27.0 Å². The van der Waals surface area contributed by atoms with Crippen LogP contribution in [0.5, 0.6) is 5.75 Å². The van der Waals surface area contributed by atoms with Crippen LogP contribution in [0.1, 0.15) is 25.5 Å². The fourth-order valence-corrected chi connectivity index (χ4v) is 4.01. The lowest BCUT2D eigenvalue weighted by Crippen LogP contribution is -2.38. The number of phenols is 1. The van der Waals surface area contributed by atoms with Gasteiger partial charge in [-0.1, -0.05) is 28.1 Å². The molecule has 3 N–H and O–H groups in total. The van der Waals surface area contributed by atoms with Crippen LogP contribution in [-0.4, -0.2) is 10.1 Å². The predicted molar refractivity (Wildman–Crippen MR) is 99.7 cm³/mol. The second-order valence-electron chi connectivity index (χ2n) is 5.70. The molecule has 2 aromatic carbocycles. The number of phenolic OH excluding ortho intramolecular Hbond substituents is 1. The average Bonchev–Trinajstić information content (AvgIpc) is 2.87. The minimum atomic E-state index is 0.257. The fourth-order valence-electron chi connectivity index (χ4n) is 2.70. The quantitative estimate of drug-likeness (QED) is 0.507.